The molecule has 0 amide bonds. The molecule has 6 heteroatoms. The van der Waals surface area contributed by atoms with Gasteiger partial charge in [0.2, 0.25) is 0 Å². The van der Waals surface area contributed by atoms with Gasteiger partial charge in [0.1, 0.15) is 5.82 Å². The van der Waals surface area contributed by atoms with E-state index in [1.165, 1.54) is 6.42 Å². The van der Waals surface area contributed by atoms with Crippen molar-refractivity contribution in [1.82, 2.24) is 19.3 Å². The molecule has 4 rings (SSSR count). The maximum absolute atomic E-state index is 12.4. The summed E-state index contributed by atoms with van der Waals surface area (Å²) in [5, 5.41) is 11.2. The van der Waals surface area contributed by atoms with Crippen molar-refractivity contribution >= 4 is 21.4 Å². The molecule has 0 saturated carbocycles. The van der Waals surface area contributed by atoms with Crippen molar-refractivity contribution in [2.75, 3.05) is 0 Å². The monoisotopic (exact) mass is 286 g/mol. The van der Waals surface area contributed by atoms with Gasteiger partial charge in [-0.2, -0.15) is 0 Å². The van der Waals surface area contributed by atoms with Crippen LogP contribution >= 0.6 is 11.3 Å². The van der Waals surface area contributed by atoms with Gasteiger partial charge in [0, 0.05) is 23.9 Å². The Hall–Kier alpha value is -1.95. The van der Waals surface area contributed by atoms with E-state index in [4.69, 9.17) is 0 Å². The van der Waals surface area contributed by atoms with Crippen molar-refractivity contribution in [2.45, 2.75) is 32.4 Å². The maximum atomic E-state index is 12.4. The Bertz CT molecular complexity index is 829. The predicted octanol–water partition coefficient (Wildman–Crippen LogP) is 2.04. The van der Waals surface area contributed by atoms with E-state index in [9.17, 15) is 4.79 Å². The van der Waals surface area contributed by atoms with E-state index in [0.717, 1.165) is 41.1 Å². The first-order valence-electron chi connectivity index (χ1n) is 6.80. The lowest BCUT2D eigenvalue weighted by Gasteiger charge is -2.15. The van der Waals surface area contributed by atoms with Crippen LogP contribution in [0.3, 0.4) is 0 Å². The minimum Gasteiger partial charge on any atom is -0.313 e. The van der Waals surface area contributed by atoms with Gasteiger partial charge >= 0.3 is 0 Å². The molecule has 1 aliphatic heterocycles. The molecular weight excluding hydrogens is 272 g/mol. The number of pyridine rings is 1. The molecule has 0 aliphatic carbocycles. The van der Waals surface area contributed by atoms with E-state index in [-0.39, 0.29) is 5.56 Å². The third-order valence-electron chi connectivity index (χ3n) is 3.84. The molecule has 3 aromatic heterocycles. The van der Waals surface area contributed by atoms with E-state index in [1.807, 2.05) is 23.7 Å². The second-order valence-corrected chi connectivity index (χ2v) is 6.04. The Kier molecular flexibility index (Phi) is 2.70. The molecule has 0 saturated heterocycles. The number of fused-ring (bicyclic) bond motifs is 2. The summed E-state index contributed by atoms with van der Waals surface area (Å²) in [5.41, 5.74) is 0.0527. The smallest absolute Gasteiger partial charge is 0.259 e. The topological polar surface area (TPSA) is 52.7 Å². The number of hydrogen-bond acceptors (Lipinski definition) is 4. The summed E-state index contributed by atoms with van der Waals surface area (Å²) in [6, 6.07) is 3.88. The second kappa shape index (κ2) is 4.56. The van der Waals surface area contributed by atoms with Crippen LogP contribution in [0, 0.1) is 0 Å². The summed E-state index contributed by atoms with van der Waals surface area (Å²) in [6.07, 6.45) is 5.19. The fraction of sp³-hybridized carbons (Fsp3) is 0.357. The lowest BCUT2D eigenvalue weighted by Crippen LogP contribution is -2.22. The third kappa shape index (κ3) is 1.79. The molecule has 102 valence electrons. The summed E-state index contributed by atoms with van der Waals surface area (Å²) in [5.74, 6) is 1.94. The summed E-state index contributed by atoms with van der Waals surface area (Å²) in [4.78, 5) is 12.4. The van der Waals surface area contributed by atoms with Gasteiger partial charge < -0.3 is 9.13 Å². The summed E-state index contributed by atoms with van der Waals surface area (Å²) >= 11 is 1.59. The van der Waals surface area contributed by atoms with Crippen molar-refractivity contribution in [1.29, 1.82) is 0 Å². The minimum absolute atomic E-state index is 0.0527. The van der Waals surface area contributed by atoms with E-state index >= 15 is 0 Å². The lowest BCUT2D eigenvalue weighted by molar-refractivity contribution is 0.500. The highest BCUT2D eigenvalue weighted by Gasteiger charge is 2.16. The number of thiophene rings is 1. The SMILES string of the molecule is O=c1c2ccsc2ccn1Cc1nnc2n1CCCC2. The largest absolute Gasteiger partial charge is 0.313 e. The van der Waals surface area contributed by atoms with Crippen LogP contribution in [0.25, 0.3) is 10.1 Å². The van der Waals surface area contributed by atoms with Crippen LogP contribution in [0.5, 0.6) is 0 Å². The molecule has 0 spiro atoms. The molecule has 20 heavy (non-hydrogen) atoms. The molecule has 3 aromatic rings. The van der Waals surface area contributed by atoms with E-state index < -0.39 is 0 Å². The van der Waals surface area contributed by atoms with Gasteiger partial charge in [0.25, 0.3) is 5.56 Å². The molecular formula is C14H14N4OS. The number of aromatic nitrogens is 4. The highest BCUT2D eigenvalue weighted by Crippen LogP contribution is 2.17. The average molecular weight is 286 g/mol. The Morgan fingerprint density at radius 2 is 2.20 bits per heavy atom. The van der Waals surface area contributed by atoms with E-state index in [2.05, 4.69) is 14.8 Å². The Morgan fingerprint density at radius 3 is 3.15 bits per heavy atom. The molecule has 0 fully saturated rings. The Labute approximate surface area is 119 Å². The molecule has 0 aromatic carbocycles. The number of hydrogen-bond donors (Lipinski definition) is 0. The normalized spacial score (nSPS) is 14.6. The molecule has 0 N–H and O–H groups in total. The molecule has 4 heterocycles. The Balaban J connectivity index is 1.76. The van der Waals surface area contributed by atoms with Gasteiger partial charge in [0.05, 0.1) is 11.9 Å². The second-order valence-electron chi connectivity index (χ2n) is 5.09. The van der Waals surface area contributed by atoms with Crippen molar-refractivity contribution in [2.24, 2.45) is 0 Å². The zero-order valence-corrected chi connectivity index (χ0v) is 11.8. The zero-order chi connectivity index (χ0) is 13.5. The molecule has 1 aliphatic rings. The first-order valence-corrected chi connectivity index (χ1v) is 7.68. The average Bonchev–Trinajstić information content (AvgIpc) is 3.10. The number of rotatable bonds is 2. The van der Waals surface area contributed by atoms with Crippen molar-refractivity contribution in [3.8, 4) is 0 Å². The van der Waals surface area contributed by atoms with Crippen LogP contribution < -0.4 is 5.56 Å². The predicted molar refractivity (Wildman–Crippen MR) is 78.1 cm³/mol. The first kappa shape index (κ1) is 11.8. The lowest BCUT2D eigenvalue weighted by atomic mass is 10.2. The van der Waals surface area contributed by atoms with Gasteiger partial charge in [-0.25, -0.2) is 0 Å². The van der Waals surface area contributed by atoms with Gasteiger partial charge in [-0.15, -0.1) is 21.5 Å². The quantitative estimate of drug-likeness (QED) is 0.724. The van der Waals surface area contributed by atoms with Crippen LogP contribution in [0.1, 0.15) is 24.5 Å². The maximum Gasteiger partial charge on any atom is 0.259 e. The number of aryl methyl sites for hydroxylation is 1. The van der Waals surface area contributed by atoms with Gasteiger partial charge in [-0.1, -0.05) is 0 Å². The van der Waals surface area contributed by atoms with Gasteiger partial charge in [0.15, 0.2) is 5.82 Å². The fourth-order valence-electron chi connectivity index (χ4n) is 2.77. The summed E-state index contributed by atoms with van der Waals surface area (Å²) in [7, 11) is 0. The highest BCUT2D eigenvalue weighted by atomic mass is 32.1. The minimum atomic E-state index is 0.0527. The first-order chi connectivity index (χ1) is 9.83. The van der Waals surface area contributed by atoms with Crippen LogP contribution in [0.2, 0.25) is 0 Å². The molecule has 5 nitrogen and oxygen atoms in total. The van der Waals surface area contributed by atoms with Crippen LogP contribution in [0.15, 0.2) is 28.5 Å². The van der Waals surface area contributed by atoms with Crippen LogP contribution in [-0.2, 0) is 19.5 Å². The highest BCUT2D eigenvalue weighted by molar-refractivity contribution is 7.17. The van der Waals surface area contributed by atoms with Crippen molar-refractivity contribution in [3.05, 3.63) is 45.7 Å². The molecule has 0 radical (unpaired) electrons. The zero-order valence-electron chi connectivity index (χ0n) is 11.0. The Morgan fingerprint density at radius 1 is 1.25 bits per heavy atom. The summed E-state index contributed by atoms with van der Waals surface area (Å²) in [6.45, 7) is 1.46. The molecule has 0 bridgehead atoms. The van der Waals surface area contributed by atoms with Crippen LogP contribution in [-0.4, -0.2) is 19.3 Å². The van der Waals surface area contributed by atoms with E-state index in [1.54, 1.807) is 15.9 Å². The van der Waals surface area contributed by atoms with Crippen LogP contribution in [0.4, 0.5) is 0 Å². The standard InChI is InChI=1S/C14H14N4OS/c19-14-10-5-8-20-11(10)4-7-17(14)9-13-16-15-12-3-1-2-6-18(12)13/h4-5,7-8H,1-3,6,9H2. The number of nitrogens with zero attached hydrogens (tertiary/aromatic N) is 4. The molecule has 0 unspecified atom stereocenters. The summed E-state index contributed by atoms with van der Waals surface area (Å²) < 4.78 is 4.92. The molecule has 0 atom stereocenters. The van der Waals surface area contributed by atoms with Gasteiger partial charge in [-0.05, 0) is 30.4 Å². The fourth-order valence-corrected chi connectivity index (χ4v) is 3.54. The van der Waals surface area contributed by atoms with Gasteiger partial charge in [-0.3, -0.25) is 4.79 Å². The van der Waals surface area contributed by atoms with Crippen molar-refractivity contribution < 1.29 is 0 Å². The van der Waals surface area contributed by atoms with Crippen molar-refractivity contribution in [3.63, 3.8) is 0 Å². The van der Waals surface area contributed by atoms with E-state index in [0.29, 0.717) is 6.54 Å². The third-order valence-corrected chi connectivity index (χ3v) is 4.72.